The molecular formula is C14H16N2O2S. The fourth-order valence-corrected chi connectivity index (χ4v) is 2.99. The average Bonchev–Trinajstić information content (AvgIpc) is 2.64. The lowest BCUT2D eigenvalue weighted by Gasteiger charge is -2.06. The van der Waals surface area contributed by atoms with Gasteiger partial charge in [0.15, 0.2) is 4.80 Å². The first kappa shape index (κ1) is 13.5. The van der Waals surface area contributed by atoms with Gasteiger partial charge in [0.2, 0.25) is 5.91 Å². The summed E-state index contributed by atoms with van der Waals surface area (Å²) in [6, 6.07) is 7.86. The van der Waals surface area contributed by atoms with Crippen LogP contribution in [0.3, 0.4) is 0 Å². The third kappa shape index (κ3) is 2.76. The third-order valence-electron chi connectivity index (χ3n) is 2.82. The maximum absolute atomic E-state index is 11.1. The van der Waals surface area contributed by atoms with Crippen LogP contribution >= 0.6 is 11.3 Å². The molecule has 0 spiro atoms. The molecule has 1 heterocycles. The highest BCUT2D eigenvalue weighted by Crippen LogP contribution is 2.26. The van der Waals surface area contributed by atoms with Crippen LogP contribution in [0.1, 0.15) is 11.8 Å². The number of ether oxygens (including phenoxy) is 1. The van der Waals surface area contributed by atoms with Gasteiger partial charge >= 0.3 is 0 Å². The molecule has 0 fully saturated rings. The van der Waals surface area contributed by atoms with Crippen molar-refractivity contribution in [3.63, 3.8) is 0 Å². The molecule has 100 valence electrons. The monoisotopic (exact) mass is 276 g/mol. The Bertz CT molecular complexity index is 666. The molecule has 0 atom stereocenters. The normalized spacial score (nSPS) is 11.7. The molecule has 0 aliphatic rings. The van der Waals surface area contributed by atoms with Gasteiger partial charge in [0.1, 0.15) is 5.75 Å². The first-order chi connectivity index (χ1) is 9.02. The molecule has 4 nitrogen and oxygen atoms in total. The van der Waals surface area contributed by atoms with Gasteiger partial charge in [-0.3, -0.25) is 4.79 Å². The zero-order valence-corrected chi connectivity index (χ0v) is 12.2. The lowest BCUT2D eigenvalue weighted by Crippen LogP contribution is -2.13. The second-order valence-electron chi connectivity index (χ2n) is 4.21. The van der Waals surface area contributed by atoms with Crippen molar-refractivity contribution in [1.29, 1.82) is 0 Å². The Kier molecular flexibility index (Phi) is 3.85. The molecule has 0 saturated carbocycles. The first-order valence-electron chi connectivity index (χ1n) is 5.89. The fraction of sp³-hybridized carbons (Fsp3) is 0.286. The van der Waals surface area contributed by atoms with Gasteiger partial charge in [0, 0.05) is 18.8 Å². The van der Waals surface area contributed by atoms with Crippen molar-refractivity contribution >= 4 is 17.2 Å². The van der Waals surface area contributed by atoms with Crippen molar-refractivity contribution in [3.8, 4) is 17.0 Å². The molecular weight excluding hydrogens is 260 g/mol. The number of thiazole rings is 1. The van der Waals surface area contributed by atoms with Gasteiger partial charge in [0.05, 0.1) is 12.8 Å². The van der Waals surface area contributed by atoms with Crippen LogP contribution in [0.2, 0.25) is 0 Å². The summed E-state index contributed by atoms with van der Waals surface area (Å²) in [6.45, 7) is 3.49. The topological polar surface area (TPSA) is 43.6 Å². The van der Waals surface area contributed by atoms with Crippen LogP contribution in [0.25, 0.3) is 11.3 Å². The van der Waals surface area contributed by atoms with E-state index >= 15 is 0 Å². The van der Waals surface area contributed by atoms with Crippen molar-refractivity contribution in [2.75, 3.05) is 7.11 Å². The molecule has 1 amide bonds. The van der Waals surface area contributed by atoms with E-state index in [0.29, 0.717) is 0 Å². The number of carbonyl (C=O) groups is 1. The van der Waals surface area contributed by atoms with Crippen molar-refractivity contribution in [2.24, 2.45) is 12.0 Å². The zero-order valence-electron chi connectivity index (χ0n) is 11.4. The number of rotatable bonds is 2. The van der Waals surface area contributed by atoms with E-state index in [0.717, 1.165) is 26.7 Å². The Morgan fingerprint density at radius 3 is 2.47 bits per heavy atom. The molecule has 0 bridgehead atoms. The molecule has 0 saturated heterocycles. The second kappa shape index (κ2) is 5.40. The van der Waals surface area contributed by atoms with Crippen LogP contribution in [0.5, 0.6) is 5.75 Å². The van der Waals surface area contributed by atoms with E-state index in [1.807, 2.05) is 42.8 Å². The Hall–Kier alpha value is -1.88. The summed E-state index contributed by atoms with van der Waals surface area (Å²) in [4.78, 5) is 17.0. The van der Waals surface area contributed by atoms with Crippen LogP contribution in [-0.4, -0.2) is 17.6 Å². The number of amides is 1. The average molecular weight is 276 g/mol. The Morgan fingerprint density at radius 2 is 1.95 bits per heavy atom. The molecule has 19 heavy (non-hydrogen) atoms. The molecule has 0 aliphatic carbocycles. The Morgan fingerprint density at radius 1 is 1.32 bits per heavy atom. The predicted molar refractivity (Wildman–Crippen MR) is 76.3 cm³/mol. The summed E-state index contributed by atoms with van der Waals surface area (Å²) < 4.78 is 7.10. The summed E-state index contributed by atoms with van der Waals surface area (Å²) in [5.41, 5.74) is 2.16. The van der Waals surface area contributed by atoms with Crippen LogP contribution in [0.15, 0.2) is 29.3 Å². The van der Waals surface area contributed by atoms with Gasteiger partial charge in [-0.05, 0) is 36.8 Å². The minimum absolute atomic E-state index is 0.182. The van der Waals surface area contributed by atoms with Gasteiger partial charge in [0.25, 0.3) is 0 Å². The molecule has 1 aromatic carbocycles. The van der Waals surface area contributed by atoms with Crippen LogP contribution < -0.4 is 9.54 Å². The quantitative estimate of drug-likeness (QED) is 0.846. The summed E-state index contributed by atoms with van der Waals surface area (Å²) in [7, 11) is 3.57. The lowest BCUT2D eigenvalue weighted by molar-refractivity contribution is -0.116. The maximum atomic E-state index is 11.1. The smallest absolute Gasteiger partial charge is 0.245 e. The lowest BCUT2D eigenvalue weighted by atomic mass is 10.1. The number of hydrogen-bond donors (Lipinski definition) is 0. The summed E-state index contributed by atoms with van der Waals surface area (Å²) >= 11 is 1.52. The third-order valence-corrected chi connectivity index (χ3v) is 3.86. The van der Waals surface area contributed by atoms with Crippen molar-refractivity contribution in [3.05, 3.63) is 33.9 Å². The van der Waals surface area contributed by atoms with Crippen LogP contribution in [-0.2, 0) is 11.8 Å². The summed E-state index contributed by atoms with van der Waals surface area (Å²) in [6.07, 6.45) is 0. The molecule has 0 radical (unpaired) electrons. The van der Waals surface area contributed by atoms with E-state index in [2.05, 4.69) is 4.99 Å². The molecule has 0 N–H and O–H groups in total. The second-order valence-corrected chi connectivity index (χ2v) is 5.39. The molecule has 5 heteroatoms. The number of carbonyl (C=O) groups excluding carboxylic acids is 1. The number of methoxy groups -OCH3 is 1. The number of nitrogens with zero attached hydrogens (tertiary/aromatic N) is 2. The number of aromatic nitrogens is 1. The number of benzene rings is 1. The van der Waals surface area contributed by atoms with E-state index in [4.69, 9.17) is 4.74 Å². The van der Waals surface area contributed by atoms with Crippen molar-refractivity contribution in [1.82, 2.24) is 4.57 Å². The van der Waals surface area contributed by atoms with Gasteiger partial charge in [-0.25, -0.2) is 0 Å². The van der Waals surface area contributed by atoms with Gasteiger partial charge in [-0.1, -0.05) is 0 Å². The molecule has 0 aliphatic heterocycles. The van der Waals surface area contributed by atoms with Gasteiger partial charge in [-0.15, -0.1) is 11.3 Å². The SMILES string of the molecule is COc1ccc(-c2c(C)sc(=NC(C)=O)n2C)cc1. The largest absolute Gasteiger partial charge is 0.497 e. The number of aryl methyl sites for hydroxylation is 1. The van der Waals surface area contributed by atoms with E-state index < -0.39 is 0 Å². The minimum Gasteiger partial charge on any atom is -0.497 e. The van der Waals surface area contributed by atoms with Crippen molar-refractivity contribution in [2.45, 2.75) is 13.8 Å². The molecule has 0 unspecified atom stereocenters. The Balaban J connectivity index is 2.56. The fourth-order valence-electron chi connectivity index (χ4n) is 1.96. The Labute approximate surface area is 116 Å². The summed E-state index contributed by atoms with van der Waals surface area (Å²) in [5, 5.41) is 0. The number of hydrogen-bond acceptors (Lipinski definition) is 3. The molecule has 1 aromatic heterocycles. The summed E-state index contributed by atoms with van der Waals surface area (Å²) in [5.74, 6) is 0.645. The molecule has 2 rings (SSSR count). The maximum Gasteiger partial charge on any atom is 0.245 e. The van der Waals surface area contributed by atoms with E-state index in [1.165, 1.54) is 18.3 Å². The van der Waals surface area contributed by atoms with Crippen molar-refractivity contribution < 1.29 is 9.53 Å². The molecule has 2 aromatic rings. The standard InChI is InChI=1S/C14H16N2O2S/c1-9-13(11-5-7-12(18-4)8-6-11)16(3)14(19-9)15-10(2)17/h5-8H,1-4H3. The van der Waals surface area contributed by atoms with E-state index in [-0.39, 0.29) is 5.91 Å². The van der Waals surface area contributed by atoms with Gasteiger partial charge in [-0.2, -0.15) is 4.99 Å². The minimum atomic E-state index is -0.182. The first-order valence-corrected chi connectivity index (χ1v) is 6.70. The highest BCUT2D eigenvalue weighted by atomic mass is 32.1. The predicted octanol–water partition coefficient (Wildman–Crippen LogP) is 2.52. The van der Waals surface area contributed by atoms with Crippen LogP contribution in [0.4, 0.5) is 0 Å². The zero-order chi connectivity index (χ0) is 14.0. The van der Waals surface area contributed by atoms with Gasteiger partial charge < -0.3 is 9.30 Å². The van der Waals surface area contributed by atoms with E-state index in [9.17, 15) is 4.79 Å². The van der Waals surface area contributed by atoms with Crippen LogP contribution in [0, 0.1) is 6.92 Å². The highest BCUT2D eigenvalue weighted by Gasteiger charge is 2.10. The van der Waals surface area contributed by atoms with E-state index in [1.54, 1.807) is 7.11 Å². The highest BCUT2D eigenvalue weighted by molar-refractivity contribution is 7.09.